The van der Waals surface area contributed by atoms with Crippen LogP contribution in [-0.4, -0.2) is 31.2 Å². The molecule has 2 rings (SSSR count). The van der Waals surface area contributed by atoms with Gasteiger partial charge < -0.3 is 15.4 Å². The Morgan fingerprint density at radius 3 is 2.86 bits per heavy atom. The van der Waals surface area contributed by atoms with Gasteiger partial charge in [-0.1, -0.05) is 13.0 Å². The number of aryl methyl sites for hydroxylation is 1. The SMILES string of the molecule is CCc1cncc(OC[C@@H](N)CN(C)c2cccc(F)c2)c1. The van der Waals surface area contributed by atoms with Crippen LogP contribution in [0.4, 0.5) is 10.1 Å². The highest BCUT2D eigenvalue weighted by Crippen LogP contribution is 2.15. The highest BCUT2D eigenvalue weighted by atomic mass is 19.1. The van der Waals surface area contributed by atoms with E-state index in [1.54, 1.807) is 12.3 Å². The van der Waals surface area contributed by atoms with Crippen LogP contribution < -0.4 is 15.4 Å². The minimum Gasteiger partial charge on any atom is -0.490 e. The first-order valence-electron chi connectivity index (χ1n) is 7.37. The molecule has 1 atom stereocenters. The van der Waals surface area contributed by atoms with Crippen molar-refractivity contribution in [3.05, 3.63) is 54.1 Å². The Balaban J connectivity index is 1.85. The van der Waals surface area contributed by atoms with Gasteiger partial charge in [-0.2, -0.15) is 0 Å². The minimum absolute atomic E-state index is 0.182. The van der Waals surface area contributed by atoms with Crippen LogP contribution in [0.15, 0.2) is 42.7 Å². The van der Waals surface area contributed by atoms with Gasteiger partial charge in [-0.15, -0.1) is 0 Å². The van der Waals surface area contributed by atoms with Crippen LogP contribution in [0, 0.1) is 5.82 Å². The Morgan fingerprint density at radius 2 is 2.14 bits per heavy atom. The number of ether oxygens (including phenoxy) is 1. The molecule has 0 aliphatic rings. The van der Waals surface area contributed by atoms with E-state index in [9.17, 15) is 4.39 Å². The molecule has 2 N–H and O–H groups in total. The molecule has 0 bridgehead atoms. The molecule has 5 heteroatoms. The van der Waals surface area contributed by atoms with E-state index in [1.807, 2.05) is 30.3 Å². The van der Waals surface area contributed by atoms with Gasteiger partial charge in [0.25, 0.3) is 0 Å². The van der Waals surface area contributed by atoms with Crippen molar-refractivity contribution in [1.82, 2.24) is 4.98 Å². The van der Waals surface area contributed by atoms with Gasteiger partial charge in [0.1, 0.15) is 18.2 Å². The number of hydrogen-bond donors (Lipinski definition) is 1. The summed E-state index contributed by atoms with van der Waals surface area (Å²) in [5.41, 5.74) is 8.01. The second-order valence-electron chi connectivity index (χ2n) is 5.31. The zero-order valence-corrected chi connectivity index (χ0v) is 13.0. The van der Waals surface area contributed by atoms with E-state index < -0.39 is 0 Å². The molecule has 2 aromatic rings. The molecule has 0 radical (unpaired) electrons. The number of nitrogens with zero attached hydrogens (tertiary/aromatic N) is 2. The normalized spacial score (nSPS) is 12.0. The van der Waals surface area contributed by atoms with Crippen LogP contribution in [0.2, 0.25) is 0 Å². The van der Waals surface area contributed by atoms with Gasteiger partial charge >= 0.3 is 0 Å². The Hall–Kier alpha value is -2.14. The van der Waals surface area contributed by atoms with E-state index in [0.717, 1.165) is 23.4 Å². The van der Waals surface area contributed by atoms with Crippen molar-refractivity contribution >= 4 is 5.69 Å². The van der Waals surface area contributed by atoms with Crippen molar-refractivity contribution in [2.24, 2.45) is 5.73 Å². The lowest BCUT2D eigenvalue weighted by Crippen LogP contribution is -2.39. The molecule has 0 unspecified atom stereocenters. The first-order chi connectivity index (χ1) is 10.6. The third kappa shape index (κ3) is 4.70. The molecule has 0 saturated carbocycles. The third-order valence-corrected chi connectivity index (χ3v) is 3.40. The number of rotatable bonds is 7. The summed E-state index contributed by atoms with van der Waals surface area (Å²) in [6.07, 6.45) is 4.42. The van der Waals surface area contributed by atoms with E-state index in [1.165, 1.54) is 12.1 Å². The Kier molecular flexibility index (Phi) is 5.72. The fourth-order valence-electron chi connectivity index (χ4n) is 2.16. The van der Waals surface area contributed by atoms with E-state index in [-0.39, 0.29) is 11.9 Å². The number of likely N-dealkylation sites (N-methyl/N-ethyl adjacent to an activating group) is 1. The van der Waals surface area contributed by atoms with Gasteiger partial charge in [-0.05, 0) is 36.2 Å². The maximum absolute atomic E-state index is 13.2. The summed E-state index contributed by atoms with van der Waals surface area (Å²) in [5.74, 6) is 0.472. The smallest absolute Gasteiger partial charge is 0.137 e. The molecule has 118 valence electrons. The Labute approximate surface area is 130 Å². The molecule has 22 heavy (non-hydrogen) atoms. The third-order valence-electron chi connectivity index (χ3n) is 3.40. The first-order valence-corrected chi connectivity index (χ1v) is 7.37. The summed E-state index contributed by atoms with van der Waals surface area (Å²) in [6, 6.07) is 8.24. The van der Waals surface area contributed by atoms with Crippen molar-refractivity contribution in [3.8, 4) is 5.75 Å². The van der Waals surface area contributed by atoms with Gasteiger partial charge in [-0.3, -0.25) is 4.98 Å². The fraction of sp³-hybridized carbons (Fsp3) is 0.353. The second kappa shape index (κ2) is 7.75. The summed E-state index contributed by atoms with van der Waals surface area (Å²) in [5, 5.41) is 0. The van der Waals surface area contributed by atoms with Crippen molar-refractivity contribution < 1.29 is 9.13 Å². The van der Waals surface area contributed by atoms with Crippen LogP contribution in [0.3, 0.4) is 0 Å². The van der Waals surface area contributed by atoms with Gasteiger partial charge in [0, 0.05) is 25.5 Å². The molecule has 0 aliphatic carbocycles. The summed E-state index contributed by atoms with van der Waals surface area (Å²) >= 11 is 0. The monoisotopic (exact) mass is 303 g/mol. The number of benzene rings is 1. The highest BCUT2D eigenvalue weighted by molar-refractivity contribution is 5.45. The van der Waals surface area contributed by atoms with E-state index in [0.29, 0.717) is 13.2 Å². The highest BCUT2D eigenvalue weighted by Gasteiger charge is 2.09. The Morgan fingerprint density at radius 1 is 1.32 bits per heavy atom. The summed E-state index contributed by atoms with van der Waals surface area (Å²) in [7, 11) is 1.88. The van der Waals surface area contributed by atoms with Crippen LogP contribution in [0.1, 0.15) is 12.5 Å². The van der Waals surface area contributed by atoms with Gasteiger partial charge in [-0.25, -0.2) is 4.39 Å². The molecule has 0 saturated heterocycles. The molecular formula is C17H22FN3O. The fourth-order valence-corrected chi connectivity index (χ4v) is 2.16. The second-order valence-corrected chi connectivity index (χ2v) is 5.31. The standard InChI is InChI=1S/C17H22FN3O/c1-3-13-7-17(10-20-9-13)22-12-15(19)11-21(2)16-6-4-5-14(18)8-16/h4-10,15H,3,11-12,19H2,1-2H3/t15-/m0/s1. The quantitative estimate of drug-likeness (QED) is 0.854. The summed E-state index contributed by atoms with van der Waals surface area (Å²) in [4.78, 5) is 6.05. The van der Waals surface area contributed by atoms with Crippen LogP contribution in [-0.2, 0) is 6.42 Å². The van der Waals surface area contributed by atoms with Crippen LogP contribution in [0.5, 0.6) is 5.75 Å². The molecule has 1 aromatic heterocycles. The van der Waals surface area contributed by atoms with Crippen molar-refractivity contribution in [3.63, 3.8) is 0 Å². The number of aromatic nitrogens is 1. The topological polar surface area (TPSA) is 51.4 Å². The molecule has 0 fully saturated rings. The average Bonchev–Trinajstić information content (AvgIpc) is 2.53. The van der Waals surface area contributed by atoms with E-state index in [2.05, 4.69) is 11.9 Å². The van der Waals surface area contributed by atoms with Crippen LogP contribution in [0.25, 0.3) is 0 Å². The summed E-state index contributed by atoms with van der Waals surface area (Å²) < 4.78 is 18.9. The van der Waals surface area contributed by atoms with Crippen molar-refractivity contribution in [2.45, 2.75) is 19.4 Å². The first kappa shape index (κ1) is 16.2. The lowest BCUT2D eigenvalue weighted by atomic mass is 10.2. The minimum atomic E-state index is -0.253. The average molecular weight is 303 g/mol. The molecule has 4 nitrogen and oxygen atoms in total. The predicted octanol–water partition coefficient (Wildman–Crippen LogP) is 2.63. The van der Waals surface area contributed by atoms with E-state index in [4.69, 9.17) is 10.5 Å². The zero-order chi connectivity index (χ0) is 15.9. The predicted molar refractivity (Wildman–Crippen MR) is 86.8 cm³/mol. The van der Waals surface area contributed by atoms with Crippen molar-refractivity contribution in [2.75, 3.05) is 25.1 Å². The zero-order valence-electron chi connectivity index (χ0n) is 13.0. The van der Waals surface area contributed by atoms with Crippen LogP contribution >= 0.6 is 0 Å². The molecule has 1 heterocycles. The molecular weight excluding hydrogens is 281 g/mol. The molecule has 0 amide bonds. The number of hydrogen-bond acceptors (Lipinski definition) is 4. The molecule has 0 spiro atoms. The van der Waals surface area contributed by atoms with Crippen molar-refractivity contribution in [1.29, 1.82) is 0 Å². The number of nitrogens with two attached hydrogens (primary N) is 1. The Bertz CT molecular complexity index is 606. The maximum Gasteiger partial charge on any atom is 0.137 e. The van der Waals surface area contributed by atoms with Gasteiger partial charge in [0.2, 0.25) is 0 Å². The maximum atomic E-state index is 13.2. The molecule has 1 aromatic carbocycles. The van der Waals surface area contributed by atoms with E-state index >= 15 is 0 Å². The van der Waals surface area contributed by atoms with Gasteiger partial charge in [0.05, 0.1) is 12.2 Å². The number of halogens is 1. The largest absolute Gasteiger partial charge is 0.490 e. The van der Waals surface area contributed by atoms with Gasteiger partial charge in [0.15, 0.2) is 0 Å². The number of pyridine rings is 1. The number of anilines is 1. The molecule has 0 aliphatic heterocycles. The lowest BCUT2D eigenvalue weighted by molar-refractivity contribution is 0.288. The summed E-state index contributed by atoms with van der Waals surface area (Å²) in [6.45, 7) is 3.03. The lowest BCUT2D eigenvalue weighted by Gasteiger charge is -2.23.